The van der Waals surface area contributed by atoms with Gasteiger partial charge in [-0.1, -0.05) is 24.7 Å². The lowest BCUT2D eigenvalue weighted by Crippen LogP contribution is -2.10. The Kier molecular flexibility index (Phi) is 4.15. The number of unbranched alkanes of at least 4 members (excludes halogenated alkanes) is 1. The van der Waals surface area contributed by atoms with Crippen LogP contribution in [0.25, 0.3) is 0 Å². The zero-order valence-corrected chi connectivity index (χ0v) is 9.36. The van der Waals surface area contributed by atoms with Crippen molar-refractivity contribution in [1.29, 1.82) is 0 Å². The van der Waals surface area contributed by atoms with Crippen molar-refractivity contribution in [2.75, 3.05) is 5.75 Å². The first-order valence-corrected chi connectivity index (χ1v) is 6.30. The Labute approximate surface area is 88.2 Å². The minimum atomic E-state index is -1.14. The van der Waals surface area contributed by atoms with Crippen molar-refractivity contribution in [3.63, 3.8) is 0 Å². The van der Waals surface area contributed by atoms with Gasteiger partial charge in [-0.05, 0) is 6.42 Å². The van der Waals surface area contributed by atoms with Crippen LogP contribution < -0.4 is 5.73 Å². The molecule has 0 bridgehead atoms. The number of amides is 1. The molecule has 1 aromatic heterocycles. The Morgan fingerprint density at radius 2 is 2.29 bits per heavy atom. The first-order valence-electron chi connectivity index (χ1n) is 4.16. The van der Waals surface area contributed by atoms with Gasteiger partial charge in [0.25, 0.3) is 5.91 Å². The number of hydrogen-bond donors (Lipinski definition) is 1. The topological polar surface area (TPSA) is 85.9 Å². The van der Waals surface area contributed by atoms with Crippen LogP contribution in [0.1, 0.15) is 29.6 Å². The molecule has 0 aromatic carbocycles. The summed E-state index contributed by atoms with van der Waals surface area (Å²) in [6.45, 7) is 2.02. The van der Waals surface area contributed by atoms with Crippen LogP contribution in [0.3, 0.4) is 0 Å². The van der Waals surface area contributed by atoms with Crippen molar-refractivity contribution in [3.8, 4) is 0 Å². The van der Waals surface area contributed by atoms with Crippen LogP contribution >= 0.6 is 11.3 Å². The summed E-state index contributed by atoms with van der Waals surface area (Å²) >= 11 is 1.00. The molecule has 0 aliphatic carbocycles. The molecule has 1 rings (SSSR count). The summed E-state index contributed by atoms with van der Waals surface area (Å²) in [5.41, 5.74) is 5.00. The highest BCUT2D eigenvalue weighted by atomic mass is 32.2. The average Bonchev–Trinajstić information content (AvgIpc) is 2.62. The fourth-order valence-corrected chi connectivity index (χ4v) is 2.91. The maximum absolute atomic E-state index is 11.5. The molecule has 78 valence electrons. The third-order valence-electron chi connectivity index (χ3n) is 1.50. The molecule has 0 spiro atoms. The highest BCUT2D eigenvalue weighted by Gasteiger charge is 2.13. The molecule has 1 aromatic rings. The van der Waals surface area contributed by atoms with Gasteiger partial charge in [0.1, 0.15) is 0 Å². The number of primary amides is 1. The highest BCUT2D eigenvalue weighted by molar-refractivity contribution is 7.87. The number of carbonyl (C=O) groups is 1. The van der Waals surface area contributed by atoms with E-state index >= 15 is 0 Å². The number of nitrogens with two attached hydrogens (primary N) is 1. The van der Waals surface area contributed by atoms with Gasteiger partial charge in [0, 0.05) is 5.75 Å². The van der Waals surface area contributed by atoms with E-state index in [0.717, 1.165) is 24.2 Å². The monoisotopic (exact) mass is 233 g/mol. The molecule has 1 amide bonds. The van der Waals surface area contributed by atoms with Gasteiger partial charge >= 0.3 is 0 Å². The summed E-state index contributed by atoms with van der Waals surface area (Å²) < 4.78 is 11.9. The Bertz CT molecular complexity index is 350. The molecular formula is C7H11N3O2S2. The Morgan fingerprint density at radius 3 is 2.79 bits per heavy atom. The van der Waals surface area contributed by atoms with Crippen LogP contribution in [-0.4, -0.2) is 26.1 Å². The normalized spacial score (nSPS) is 12.6. The van der Waals surface area contributed by atoms with Gasteiger partial charge in [-0.25, -0.2) is 0 Å². The zero-order valence-electron chi connectivity index (χ0n) is 7.73. The second-order valence-corrected chi connectivity index (χ2v) is 5.36. The van der Waals surface area contributed by atoms with Crippen molar-refractivity contribution in [2.45, 2.75) is 24.1 Å². The average molecular weight is 233 g/mol. The molecule has 1 atom stereocenters. The van der Waals surface area contributed by atoms with E-state index in [1.165, 1.54) is 0 Å². The SMILES string of the molecule is CCCCS(=O)c1nnc(C(N)=O)s1. The number of carbonyl (C=O) groups excluding carboxylic acids is 1. The van der Waals surface area contributed by atoms with Gasteiger partial charge in [-0.15, -0.1) is 10.2 Å². The second-order valence-electron chi connectivity index (χ2n) is 2.64. The molecule has 7 heteroatoms. The summed E-state index contributed by atoms with van der Waals surface area (Å²) in [6, 6.07) is 0. The van der Waals surface area contributed by atoms with Gasteiger partial charge in [-0.2, -0.15) is 0 Å². The van der Waals surface area contributed by atoms with Gasteiger partial charge < -0.3 is 5.73 Å². The highest BCUT2D eigenvalue weighted by Crippen LogP contribution is 2.14. The summed E-state index contributed by atoms with van der Waals surface area (Å²) in [5.74, 6) is -0.0644. The van der Waals surface area contributed by atoms with E-state index in [-0.39, 0.29) is 5.01 Å². The summed E-state index contributed by atoms with van der Waals surface area (Å²) in [5, 5.41) is 7.32. The zero-order chi connectivity index (χ0) is 10.6. The molecule has 0 fully saturated rings. The summed E-state index contributed by atoms with van der Waals surface area (Å²) in [6.07, 6.45) is 1.85. The second kappa shape index (κ2) is 5.16. The lowest BCUT2D eigenvalue weighted by molar-refractivity contribution is 0.0999. The molecule has 14 heavy (non-hydrogen) atoms. The molecular weight excluding hydrogens is 222 g/mol. The van der Waals surface area contributed by atoms with E-state index in [0.29, 0.717) is 10.1 Å². The summed E-state index contributed by atoms with van der Waals surface area (Å²) in [4.78, 5) is 10.7. The fraction of sp³-hybridized carbons (Fsp3) is 0.571. The number of rotatable bonds is 5. The molecule has 0 aliphatic heterocycles. The maximum Gasteiger partial charge on any atom is 0.279 e. The largest absolute Gasteiger partial charge is 0.363 e. The van der Waals surface area contributed by atoms with Crippen LogP contribution in [0.2, 0.25) is 0 Å². The Morgan fingerprint density at radius 1 is 1.57 bits per heavy atom. The standard InChI is InChI=1S/C7H11N3O2S2/c1-2-3-4-14(12)7-10-9-6(13-7)5(8)11/h2-4H2,1H3,(H2,8,11). The van der Waals surface area contributed by atoms with E-state index in [4.69, 9.17) is 5.73 Å². The van der Waals surface area contributed by atoms with Crippen molar-refractivity contribution >= 4 is 28.0 Å². The van der Waals surface area contributed by atoms with Crippen molar-refractivity contribution in [1.82, 2.24) is 10.2 Å². The molecule has 0 saturated heterocycles. The number of nitrogens with zero attached hydrogens (tertiary/aromatic N) is 2. The fourth-order valence-electron chi connectivity index (χ4n) is 0.764. The van der Waals surface area contributed by atoms with Crippen LogP contribution in [0.4, 0.5) is 0 Å². The van der Waals surface area contributed by atoms with Crippen LogP contribution in [-0.2, 0) is 10.8 Å². The molecule has 1 unspecified atom stereocenters. The Hall–Kier alpha value is -0.820. The molecule has 0 aliphatic rings. The van der Waals surface area contributed by atoms with Crippen LogP contribution in [0, 0.1) is 0 Å². The van der Waals surface area contributed by atoms with Crippen molar-refractivity contribution in [2.24, 2.45) is 5.73 Å². The van der Waals surface area contributed by atoms with E-state index in [1.54, 1.807) is 0 Å². The van der Waals surface area contributed by atoms with Gasteiger partial charge in [-0.3, -0.25) is 9.00 Å². The lowest BCUT2D eigenvalue weighted by Gasteiger charge is -1.93. The molecule has 1 heterocycles. The number of hydrogen-bond acceptors (Lipinski definition) is 5. The predicted octanol–water partition coefficient (Wildman–Crippen LogP) is 0.545. The molecule has 5 nitrogen and oxygen atoms in total. The van der Waals surface area contributed by atoms with Crippen LogP contribution in [0.5, 0.6) is 0 Å². The van der Waals surface area contributed by atoms with Gasteiger partial charge in [0.15, 0.2) is 0 Å². The van der Waals surface area contributed by atoms with Crippen molar-refractivity contribution in [3.05, 3.63) is 5.01 Å². The first kappa shape index (κ1) is 11.3. The minimum Gasteiger partial charge on any atom is -0.363 e. The van der Waals surface area contributed by atoms with Gasteiger partial charge in [0.2, 0.25) is 9.35 Å². The van der Waals surface area contributed by atoms with E-state index in [2.05, 4.69) is 10.2 Å². The molecule has 0 radical (unpaired) electrons. The molecule has 2 N–H and O–H groups in total. The van der Waals surface area contributed by atoms with E-state index < -0.39 is 16.7 Å². The quantitative estimate of drug-likeness (QED) is 0.804. The maximum atomic E-state index is 11.5. The number of aromatic nitrogens is 2. The molecule has 0 saturated carbocycles. The smallest absolute Gasteiger partial charge is 0.279 e. The summed E-state index contributed by atoms with van der Waals surface area (Å²) in [7, 11) is -1.14. The minimum absolute atomic E-state index is 0.116. The Balaban J connectivity index is 2.66. The van der Waals surface area contributed by atoms with Crippen LogP contribution in [0.15, 0.2) is 4.34 Å². The lowest BCUT2D eigenvalue weighted by atomic mass is 10.4. The third-order valence-corrected chi connectivity index (χ3v) is 4.17. The predicted molar refractivity (Wildman–Crippen MR) is 54.6 cm³/mol. The van der Waals surface area contributed by atoms with Crippen molar-refractivity contribution < 1.29 is 9.00 Å². The third kappa shape index (κ3) is 2.85. The van der Waals surface area contributed by atoms with E-state index in [1.807, 2.05) is 6.92 Å². The van der Waals surface area contributed by atoms with Gasteiger partial charge in [0.05, 0.1) is 10.8 Å². The van der Waals surface area contributed by atoms with E-state index in [9.17, 15) is 9.00 Å². The first-order chi connectivity index (χ1) is 6.65.